The highest BCUT2D eigenvalue weighted by molar-refractivity contribution is 7.09. The Kier molecular flexibility index (Phi) is 6.01. The number of benzene rings is 1. The summed E-state index contributed by atoms with van der Waals surface area (Å²) < 4.78 is 11.2. The van der Waals surface area contributed by atoms with Gasteiger partial charge in [-0.15, -0.1) is 11.3 Å². The number of methoxy groups -OCH3 is 1. The number of para-hydroxylation sites is 1. The number of carbonyl (C=O) groups is 1. The van der Waals surface area contributed by atoms with Gasteiger partial charge < -0.3 is 20.1 Å². The number of hydrogen-bond acceptors (Lipinski definition) is 6. The van der Waals surface area contributed by atoms with Crippen molar-refractivity contribution in [2.24, 2.45) is 5.73 Å². The van der Waals surface area contributed by atoms with Gasteiger partial charge in [0.05, 0.1) is 13.2 Å². The minimum Gasteiger partial charge on any atom is -0.496 e. The average molecular weight is 361 g/mol. The van der Waals surface area contributed by atoms with Crippen molar-refractivity contribution in [2.45, 2.75) is 32.0 Å². The van der Waals surface area contributed by atoms with E-state index in [9.17, 15) is 4.79 Å². The van der Waals surface area contributed by atoms with E-state index in [-0.39, 0.29) is 12.0 Å². The number of thiazole rings is 1. The van der Waals surface area contributed by atoms with E-state index in [0.29, 0.717) is 25.3 Å². The first kappa shape index (κ1) is 17.8. The molecule has 1 saturated heterocycles. The zero-order valence-corrected chi connectivity index (χ0v) is 15.1. The molecule has 6 nitrogen and oxygen atoms in total. The van der Waals surface area contributed by atoms with Gasteiger partial charge in [0.2, 0.25) is 0 Å². The van der Waals surface area contributed by atoms with Crippen molar-refractivity contribution in [1.29, 1.82) is 0 Å². The minimum atomic E-state index is -0.0997. The summed E-state index contributed by atoms with van der Waals surface area (Å²) in [4.78, 5) is 19.1. The predicted molar refractivity (Wildman–Crippen MR) is 96.7 cm³/mol. The van der Waals surface area contributed by atoms with Crippen LogP contribution in [0, 0.1) is 0 Å². The highest BCUT2D eigenvalue weighted by Gasteiger charge is 2.25. The number of amides is 1. The molecule has 1 fully saturated rings. The number of aromatic nitrogens is 1. The molecule has 0 aliphatic carbocycles. The molecule has 2 heterocycles. The summed E-state index contributed by atoms with van der Waals surface area (Å²) in [5.74, 6) is 0.672. The van der Waals surface area contributed by atoms with E-state index >= 15 is 0 Å². The Bertz CT molecular complexity index is 713. The van der Waals surface area contributed by atoms with Gasteiger partial charge in [0.1, 0.15) is 16.5 Å². The van der Waals surface area contributed by atoms with Crippen LogP contribution in [0.25, 0.3) is 0 Å². The third-order valence-corrected chi connectivity index (χ3v) is 5.11. The van der Waals surface area contributed by atoms with Crippen LogP contribution in [0.3, 0.4) is 0 Å². The maximum atomic E-state index is 13.0. The van der Waals surface area contributed by atoms with Gasteiger partial charge in [-0.05, 0) is 18.9 Å². The second-order valence-electron chi connectivity index (χ2n) is 5.96. The van der Waals surface area contributed by atoms with Crippen molar-refractivity contribution in [3.05, 3.63) is 45.9 Å². The molecule has 7 heteroatoms. The molecule has 0 bridgehead atoms. The van der Waals surface area contributed by atoms with Crippen LogP contribution in [-0.2, 0) is 17.8 Å². The van der Waals surface area contributed by atoms with Crippen molar-refractivity contribution < 1.29 is 14.3 Å². The maximum absolute atomic E-state index is 13.0. The summed E-state index contributed by atoms with van der Waals surface area (Å²) in [7, 11) is 1.64. The summed E-state index contributed by atoms with van der Waals surface area (Å²) in [6.45, 7) is 2.11. The average Bonchev–Trinajstić information content (AvgIpc) is 3.32. The molecule has 3 rings (SSSR count). The number of carbonyl (C=O) groups excluding carboxylic acids is 1. The standard InChI is InChI=1S/C18H23N3O3S/c1-23-16-7-3-2-5-13(16)10-21(11-14-6-4-8-24-14)18(22)15-12-25-17(9-19)20-15/h2-3,5,7,12,14H,4,6,8-11,19H2,1H3. The Morgan fingerprint density at radius 3 is 3.00 bits per heavy atom. The third kappa shape index (κ3) is 4.36. The van der Waals surface area contributed by atoms with Crippen molar-refractivity contribution in [1.82, 2.24) is 9.88 Å². The van der Waals surface area contributed by atoms with Crippen LogP contribution in [-0.4, -0.2) is 42.2 Å². The summed E-state index contributed by atoms with van der Waals surface area (Å²) in [6, 6.07) is 7.74. The van der Waals surface area contributed by atoms with Crippen LogP contribution in [0.2, 0.25) is 0 Å². The fourth-order valence-corrected chi connectivity index (χ4v) is 3.61. The first-order valence-electron chi connectivity index (χ1n) is 8.38. The molecule has 0 radical (unpaired) electrons. The molecule has 1 aliphatic rings. The Hall–Kier alpha value is -1.96. The van der Waals surface area contributed by atoms with E-state index in [1.54, 1.807) is 17.4 Å². The Morgan fingerprint density at radius 2 is 2.32 bits per heavy atom. The van der Waals surface area contributed by atoms with E-state index in [4.69, 9.17) is 15.2 Å². The summed E-state index contributed by atoms with van der Waals surface area (Å²) >= 11 is 1.41. The van der Waals surface area contributed by atoms with Gasteiger partial charge >= 0.3 is 0 Å². The molecule has 0 saturated carbocycles. The quantitative estimate of drug-likeness (QED) is 0.819. The first-order valence-corrected chi connectivity index (χ1v) is 9.26. The van der Waals surface area contributed by atoms with E-state index in [1.807, 2.05) is 24.3 Å². The lowest BCUT2D eigenvalue weighted by Crippen LogP contribution is -2.37. The molecule has 134 valence electrons. The Labute approximate surface area is 151 Å². The molecular formula is C18H23N3O3S. The molecule has 1 unspecified atom stereocenters. The lowest BCUT2D eigenvalue weighted by atomic mass is 10.1. The van der Waals surface area contributed by atoms with Crippen molar-refractivity contribution in [3.63, 3.8) is 0 Å². The summed E-state index contributed by atoms with van der Waals surface area (Å²) in [6.07, 6.45) is 2.09. The van der Waals surface area contributed by atoms with Crippen molar-refractivity contribution in [2.75, 3.05) is 20.3 Å². The van der Waals surface area contributed by atoms with E-state index in [2.05, 4.69) is 4.98 Å². The molecule has 1 aliphatic heterocycles. The van der Waals surface area contributed by atoms with Crippen LogP contribution < -0.4 is 10.5 Å². The number of nitrogens with two attached hydrogens (primary N) is 1. The van der Waals surface area contributed by atoms with Gasteiger partial charge in [0.15, 0.2) is 0 Å². The number of ether oxygens (including phenoxy) is 2. The topological polar surface area (TPSA) is 77.7 Å². The molecule has 1 aromatic heterocycles. The fourth-order valence-electron chi connectivity index (χ4n) is 2.96. The molecule has 25 heavy (non-hydrogen) atoms. The molecule has 0 spiro atoms. The molecule has 1 aromatic carbocycles. The third-order valence-electron chi connectivity index (χ3n) is 4.23. The van der Waals surface area contributed by atoms with Crippen molar-refractivity contribution >= 4 is 17.2 Å². The zero-order chi connectivity index (χ0) is 17.6. The second-order valence-corrected chi connectivity index (χ2v) is 6.91. The van der Waals surface area contributed by atoms with Gasteiger partial charge in [-0.25, -0.2) is 4.98 Å². The van der Waals surface area contributed by atoms with Crippen LogP contribution in [0.15, 0.2) is 29.6 Å². The predicted octanol–water partition coefficient (Wildman–Crippen LogP) is 2.43. The van der Waals surface area contributed by atoms with Gasteiger partial charge in [0, 0.05) is 37.2 Å². The van der Waals surface area contributed by atoms with Crippen LogP contribution >= 0.6 is 11.3 Å². The van der Waals surface area contributed by atoms with Gasteiger partial charge in [-0.2, -0.15) is 0 Å². The van der Waals surface area contributed by atoms with Crippen LogP contribution in [0.5, 0.6) is 5.75 Å². The van der Waals surface area contributed by atoms with Crippen LogP contribution in [0.4, 0.5) is 0 Å². The zero-order valence-electron chi connectivity index (χ0n) is 14.3. The van der Waals surface area contributed by atoms with E-state index in [0.717, 1.165) is 35.8 Å². The lowest BCUT2D eigenvalue weighted by molar-refractivity contribution is 0.0502. The number of hydrogen-bond donors (Lipinski definition) is 1. The smallest absolute Gasteiger partial charge is 0.273 e. The largest absolute Gasteiger partial charge is 0.496 e. The number of rotatable bonds is 7. The highest BCUT2D eigenvalue weighted by atomic mass is 32.1. The SMILES string of the molecule is COc1ccccc1CN(CC1CCCO1)C(=O)c1csc(CN)n1. The second kappa shape index (κ2) is 8.42. The summed E-state index contributed by atoms with van der Waals surface area (Å²) in [5, 5.41) is 2.53. The van der Waals surface area contributed by atoms with E-state index in [1.165, 1.54) is 11.3 Å². The molecule has 2 N–H and O–H groups in total. The van der Waals surface area contributed by atoms with Gasteiger partial charge in [0.25, 0.3) is 5.91 Å². The first-order chi connectivity index (χ1) is 12.2. The fraction of sp³-hybridized carbons (Fsp3) is 0.444. The van der Waals surface area contributed by atoms with Gasteiger partial charge in [-0.3, -0.25) is 4.79 Å². The Balaban J connectivity index is 1.82. The van der Waals surface area contributed by atoms with Gasteiger partial charge in [-0.1, -0.05) is 18.2 Å². The number of nitrogens with zero attached hydrogens (tertiary/aromatic N) is 2. The highest BCUT2D eigenvalue weighted by Crippen LogP contribution is 2.23. The molecule has 1 amide bonds. The summed E-state index contributed by atoms with van der Waals surface area (Å²) in [5.41, 5.74) is 7.03. The molecular weight excluding hydrogens is 338 g/mol. The monoisotopic (exact) mass is 361 g/mol. The Morgan fingerprint density at radius 1 is 1.48 bits per heavy atom. The molecule has 1 atom stereocenters. The molecule has 2 aromatic rings. The van der Waals surface area contributed by atoms with Crippen molar-refractivity contribution in [3.8, 4) is 5.75 Å². The maximum Gasteiger partial charge on any atom is 0.273 e. The van der Waals surface area contributed by atoms with E-state index < -0.39 is 0 Å². The normalized spacial score (nSPS) is 16.8. The van der Waals surface area contributed by atoms with Crippen LogP contribution in [0.1, 0.15) is 33.9 Å². The lowest BCUT2D eigenvalue weighted by Gasteiger charge is -2.25. The minimum absolute atomic E-state index is 0.0753.